The number of sulfonamides is 1. The maximum Gasteiger partial charge on any atom is 0.235 e. The highest BCUT2D eigenvalue weighted by Crippen LogP contribution is 2.20. The monoisotopic (exact) mass is 446 g/mol. The van der Waals surface area contributed by atoms with Gasteiger partial charge in [-0.15, -0.1) is 0 Å². The molecule has 0 aromatic heterocycles. The summed E-state index contributed by atoms with van der Waals surface area (Å²) in [4.78, 5) is 12.3. The number of fused-ring (bicyclic) bond motifs is 1. The summed E-state index contributed by atoms with van der Waals surface area (Å²) >= 11 is 6.11. The van der Waals surface area contributed by atoms with Gasteiger partial charge in [-0.1, -0.05) is 60.1 Å². The summed E-state index contributed by atoms with van der Waals surface area (Å²) in [5.74, 6) is 0.300. The van der Waals surface area contributed by atoms with Gasteiger partial charge in [-0.25, -0.2) is 8.42 Å². The quantitative estimate of drug-likeness (QED) is 0.511. The number of nitrogens with zero attached hydrogens (tertiary/aromatic N) is 1. The fraction of sp³-hybridized carbons (Fsp3) is 0.227. The van der Waals surface area contributed by atoms with Crippen molar-refractivity contribution in [2.24, 2.45) is 0 Å². The summed E-state index contributed by atoms with van der Waals surface area (Å²) < 4.78 is 30.9. The minimum Gasteiger partial charge on any atom is -0.492 e. The van der Waals surface area contributed by atoms with Crippen LogP contribution in [0.4, 0.5) is 0 Å². The SMILES string of the molecule is CS(=O)(=O)N(CC(=O)NCCOc1ccc2ccccc2c1)Cc1ccccc1Cl. The maximum atomic E-state index is 12.3. The summed E-state index contributed by atoms with van der Waals surface area (Å²) in [6, 6.07) is 20.7. The van der Waals surface area contributed by atoms with E-state index in [1.807, 2.05) is 42.5 Å². The van der Waals surface area contributed by atoms with E-state index in [4.69, 9.17) is 16.3 Å². The zero-order chi connectivity index (χ0) is 21.6. The second kappa shape index (κ2) is 9.93. The molecule has 0 saturated heterocycles. The van der Waals surface area contributed by atoms with Crippen molar-refractivity contribution in [3.63, 3.8) is 0 Å². The first-order valence-electron chi connectivity index (χ1n) is 9.40. The number of ether oxygens (including phenoxy) is 1. The first kappa shape index (κ1) is 22.1. The Bertz CT molecular complexity index is 1130. The fourth-order valence-electron chi connectivity index (χ4n) is 2.94. The van der Waals surface area contributed by atoms with Crippen LogP contribution in [0.25, 0.3) is 10.8 Å². The predicted octanol–water partition coefficient (Wildman–Crippen LogP) is 3.45. The molecule has 3 aromatic rings. The molecule has 0 spiro atoms. The summed E-state index contributed by atoms with van der Waals surface area (Å²) in [6.45, 7) is 0.266. The van der Waals surface area contributed by atoms with Gasteiger partial charge in [-0.05, 0) is 34.5 Å². The minimum absolute atomic E-state index is 0.0273. The van der Waals surface area contributed by atoms with Crippen LogP contribution in [-0.4, -0.2) is 44.6 Å². The van der Waals surface area contributed by atoms with Crippen LogP contribution < -0.4 is 10.1 Å². The van der Waals surface area contributed by atoms with Gasteiger partial charge < -0.3 is 10.1 Å². The van der Waals surface area contributed by atoms with Crippen molar-refractivity contribution in [2.45, 2.75) is 6.54 Å². The smallest absolute Gasteiger partial charge is 0.235 e. The first-order chi connectivity index (χ1) is 14.3. The molecule has 0 heterocycles. The lowest BCUT2D eigenvalue weighted by Crippen LogP contribution is -2.41. The Morgan fingerprint density at radius 3 is 2.47 bits per heavy atom. The molecule has 0 fully saturated rings. The largest absolute Gasteiger partial charge is 0.492 e. The highest BCUT2D eigenvalue weighted by molar-refractivity contribution is 7.88. The molecule has 0 aliphatic carbocycles. The van der Waals surface area contributed by atoms with E-state index < -0.39 is 15.9 Å². The molecule has 3 aromatic carbocycles. The van der Waals surface area contributed by atoms with Crippen LogP contribution in [0.1, 0.15) is 5.56 Å². The Morgan fingerprint density at radius 2 is 1.73 bits per heavy atom. The Morgan fingerprint density at radius 1 is 1.03 bits per heavy atom. The van der Waals surface area contributed by atoms with Crippen molar-refractivity contribution in [2.75, 3.05) is 26.0 Å². The molecule has 3 rings (SSSR count). The van der Waals surface area contributed by atoms with E-state index >= 15 is 0 Å². The van der Waals surface area contributed by atoms with E-state index in [2.05, 4.69) is 5.32 Å². The number of nitrogens with one attached hydrogen (secondary N) is 1. The molecule has 0 aliphatic heterocycles. The third kappa shape index (κ3) is 6.19. The number of carbonyl (C=O) groups is 1. The minimum atomic E-state index is -3.59. The van der Waals surface area contributed by atoms with Gasteiger partial charge in [0.15, 0.2) is 0 Å². The molecule has 0 bridgehead atoms. The van der Waals surface area contributed by atoms with Gasteiger partial charge in [0, 0.05) is 11.6 Å². The number of amides is 1. The van der Waals surface area contributed by atoms with E-state index in [9.17, 15) is 13.2 Å². The number of rotatable bonds is 9. The Balaban J connectivity index is 1.50. The Hall–Kier alpha value is -2.61. The van der Waals surface area contributed by atoms with E-state index in [-0.39, 0.29) is 26.2 Å². The Labute approximate surface area is 181 Å². The molecule has 8 heteroatoms. The molecule has 0 saturated carbocycles. The normalized spacial score (nSPS) is 11.6. The van der Waals surface area contributed by atoms with Crippen LogP contribution >= 0.6 is 11.6 Å². The topological polar surface area (TPSA) is 75.7 Å². The van der Waals surface area contributed by atoms with Gasteiger partial charge in [-0.3, -0.25) is 4.79 Å². The van der Waals surface area contributed by atoms with Gasteiger partial charge in [0.25, 0.3) is 0 Å². The van der Waals surface area contributed by atoms with E-state index in [0.717, 1.165) is 21.3 Å². The lowest BCUT2D eigenvalue weighted by molar-refractivity contribution is -0.121. The zero-order valence-corrected chi connectivity index (χ0v) is 18.1. The summed E-state index contributed by atoms with van der Waals surface area (Å²) in [5, 5.41) is 5.34. The number of hydrogen-bond acceptors (Lipinski definition) is 4. The average Bonchev–Trinajstić information content (AvgIpc) is 2.71. The molecule has 1 amide bonds. The van der Waals surface area contributed by atoms with Crippen molar-refractivity contribution in [3.8, 4) is 5.75 Å². The summed E-state index contributed by atoms with van der Waals surface area (Å²) in [7, 11) is -3.59. The number of hydrogen-bond donors (Lipinski definition) is 1. The second-order valence-electron chi connectivity index (χ2n) is 6.83. The molecule has 0 radical (unpaired) electrons. The van der Waals surface area contributed by atoms with Gasteiger partial charge in [0.05, 0.1) is 19.3 Å². The van der Waals surface area contributed by atoms with Gasteiger partial charge in [0.2, 0.25) is 15.9 Å². The van der Waals surface area contributed by atoms with Crippen LogP contribution in [-0.2, 0) is 21.4 Å². The van der Waals surface area contributed by atoms with E-state index in [1.54, 1.807) is 24.3 Å². The fourth-order valence-corrected chi connectivity index (χ4v) is 3.86. The number of carbonyl (C=O) groups excluding carboxylic acids is 1. The molecule has 6 nitrogen and oxygen atoms in total. The molecule has 158 valence electrons. The summed E-state index contributed by atoms with van der Waals surface area (Å²) in [6.07, 6.45) is 1.07. The predicted molar refractivity (Wildman–Crippen MR) is 119 cm³/mol. The first-order valence-corrected chi connectivity index (χ1v) is 11.6. The zero-order valence-electron chi connectivity index (χ0n) is 16.5. The van der Waals surface area contributed by atoms with E-state index in [1.165, 1.54) is 0 Å². The summed E-state index contributed by atoms with van der Waals surface area (Å²) in [5.41, 5.74) is 0.636. The molecule has 30 heavy (non-hydrogen) atoms. The van der Waals surface area contributed by atoms with Crippen molar-refractivity contribution in [3.05, 3.63) is 77.3 Å². The van der Waals surface area contributed by atoms with Crippen LogP contribution in [0, 0.1) is 0 Å². The highest BCUT2D eigenvalue weighted by atomic mass is 35.5. The molecule has 0 atom stereocenters. The van der Waals surface area contributed by atoms with Crippen molar-refractivity contribution in [1.82, 2.24) is 9.62 Å². The van der Waals surface area contributed by atoms with Crippen molar-refractivity contribution < 1.29 is 17.9 Å². The third-order valence-electron chi connectivity index (χ3n) is 4.51. The van der Waals surface area contributed by atoms with Crippen molar-refractivity contribution in [1.29, 1.82) is 0 Å². The standard InChI is InChI=1S/C22H23ClN2O4S/c1-30(27,28)25(15-19-8-4-5-9-21(19)23)16-22(26)24-12-13-29-20-11-10-17-6-2-3-7-18(17)14-20/h2-11,14H,12-13,15-16H2,1H3,(H,24,26). The number of halogens is 1. The molecular formula is C22H23ClN2O4S. The highest BCUT2D eigenvalue weighted by Gasteiger charge is 2.21. The van der Waals surface area contributed by atoms with Gasteiger partial charge in [-0.2, -0.15) is 4.31 Å². The van der Waals surface area contributed by atoms with Gasteiger partial charge in [0.1, 0.15) is 12.4 Å². The average molecular weight is 447 g/mol. The Kier molecular flexibility index (Phi) is 7.31. The van der Waals surface area contributed by atoms with Crippen LogP contribution in [0.15, 0.2) is 66.7 Å². The maximum absolute atomic E-state index is 12.3. The van der Waals surface area contributed by atoms with Crippen LogP contribution in [0.5, 0.6) is 5.75 Å². The molecular weight excluding hydrogens is 424 g/mol. The molecule has 0 aliphatic rings. The second-order valence-corrected chi connectivity index (χ2v) is 9.22. The lowest BCUT2D eigenvalue weighted by Gasteiger charge is -2.20. The molecule has 1 N–H and O–H groups in total. The third-order valence-corrected chi connectivity index (χ3v) is 6.07. The number of benzene rings is 3. The molecule has 0 unspecified atom stereocenters. The lowest BCUT2D eigenvalue weighted by atomic mass is 10.1. The van der Waals surface area contributed by atoms with Crippen LogP contribution in [0.2, 0.25) is 5.02 Å². The van der Waals surface area contributed by atoms with E-state index in [0.29, 0.717) is 16.3 Å². The van der Waals surface area contributed by atoms with Crippen LogP contribution in [0.3, 0.4) is 0 Å². The van der Waals surface area contributed by atoms with Gasteiger partial charge >= 0.3 is 0 Å². The van der Waals surface area contributed by atoms with Crippen molar-refractivity contribution >= 4 is 38.3 Å².